The smallest absolute Gasteiger partial charge is 0.189 e. The van der Waals surface area contributed by atoms with E-state index in [2.05, 4.69) is 25.5 Å². The van der Waals surface area contributed by atoms with Crippen LogP contribution in [0.15, 0.2) is 23.4 Å². The zero-order valence-corrected chi connectivity index (χ0v) is 11.2. The molecule has 0 spiro atoms. The zero-order valence-electron chi connectivity index (χ0n) is 10.4. The zero-order chi connectivity index (χ0) is 13.1. The summed E-state index contributed by atoms with van der Waals surface area (Å²) < 4.78 is 0. The maximum atomic E-state index is 5.08. The van der Waals surface area contributed by atoms with Crippen molar-refractivity contribution in [2.75, 3.05) is 14.1 Å². The molecule has 2 N–H and O–H groups in total. The van der Waals surface area contributed by atoms with Gasteiger partial charge in [-0.15, -0.1) is 0 Å². The molecule has 0 amide bonds. The molecule has 0 saturated heterocycles. The summed E-state index contributed by atoms with van der Waals surface area (Å²) in [5.74, 6) is 0.678. The van der Waals surface area contributed by atoms with Crippen LogP contribution in [0, 0.1) is 0 Å². The van der Waals surface area contributed by atoms with Gasteiger partial charge in [0.1, 0.15) is 5.71 Å². The van der Waals surface area contributed by atoms with E-state index in [0.29, 0.717) is 16.6 Å². The van der Waals surface area contributed by atoms with Crippen molar-refractivity contribution in [2.45, 2.75) is 6.92 Å². The van der Waals surface area contributed by atoms with Crippen LogP contribution in [0.3, 0.4) is 0 Å². The van der Waals surface area contributed by atoms with Gasteiger partial charge in [-0.2, -0.15) is 5.10 Å². The normalized spacial score (nSPS) is 11.6. The minimum absolute atomic E-state index is 0.545. The minimum Gasteiger partial charge on any atom is -0.354 e. The fourth-order valence-corrected chi connectivity index (χ4v) is 1.35. The van der Waals surface area contributed by atoms with Crippen LogP contribution in [0.4, 0.5) is 0 Å². The van der Waals surface area contributed by atoms with Gasteiger partial charge in [0.05, 0.1) is 5.52 Å². The summed E-state index contributed by atoms with van der Waals surface area (Å²) in [5.41, 5.74) is 5.07. The summed E-state index contributed by atoms with van der Waals surface area (Å²) in [6.07, 6.45) is 1.71. The van der Waals surface area contributed by atoms with Gasteiger partial charge in [-0.1, -0.05) is 0 Å². The SMILES string of the molecule is C/C(=N\NC(=S)N(C)C)c1nc2ncccc2[nH]1. The van der Waals surface area contributed by atoms with Gasteiger partial charge in [-0.05, 0) is 31.3 Å². The van der Waals surface area contributed by atoms with E-state index in [9.17, 15) is 0 Å². The van der Waals surface area contributed by atoms with Gasteiger partial charge in [0.25, 0.3) is 0 Å². The molecule has 2 aromatic rings. The van der Waals surface area contributed by atoms with Crippen LogP contribution in [0.2, 0.25) is 0 Å². The number of imidazole rings is 1. The molecular formula is C11H14N6S. The number of aromatic amines is 1. The van der Waals surface area contributed by atoms with Crippen molar-refractivity contribution >= 4 is 34.2 Å². The number of H-pyrrole nitrogens is 1. The Bertz CT molecular complexity index is 567. The molecule has 18 heavy (non-hydrogen) atoms. The molecule has 2 aromatic heterocycles. The van der Waals surface area contributed by atoms with Gasteiger partial charge in [0.15, 0.2) is 16.6 Å². The predicted molar refractivity (Wildman–Crippen MR) is 75.5 cm³/mol. The second-order valence-corrected chi connectivity index (χ2v) is 4.36. The highest BCUT2D eigenvalue weighted by atomic mass is 32.1. The van der Waals surface area contributed by atoms with Crippen LogP contribution in [0.1, 0.15) is 12.7 Å². The van der Waals surface area contributed by atoms with Crippen molar-refractivity contribution in [2.24, 2.45) is 5.10 Å². The summed E-state index contributed by atoms with van der Waals surface area (Å²) in [7, 11) is 3.70. The first-order valence-electron chi connectivity index (χ1n) is 5.40. The second kappa shape index (κ2) is 5.09. The lowest BCUT2D eigenvalue weighted by molar-refractivity contribution is 0.606. The van der Waals surface area contributed by atoms with Gasteiger partial charge in [0.2, 0.25) is 0 Å². The number of hydrogen-bond acceptors (Lipinski definition) is 4. The molecule has 0 radical (unpaired) electrons. The van der Waals surface area contributed by atoms with Gasteiger partial charge >= 0.3 is 0 Å². The van der Waals surface area contributed by atoms with Crippen LogP contribution in [0.25, 0.3) is 11.2 Å². The Morgan fingerprint density at radius 1 is 1.50 bits per heavy atom. The predicted octanol–water partition coefficient (Wildman–Crippen LogP) is 1.12. The number of pyridine rings is 1. The third-order valence-electron chi connectivity index (χ3n) is 2.33. The highest BCUT2D eigenvalue weighted by Gasteiger charge is 2.06. The first kappa shape index (κ1) is 12.4. The molecule has 7 heteroatoms. The van der Waals surface area contributed by atoms with Crippen molar-refractivity contribution in [3.05, 3.63) is 24.2 Å². The Morgan fingerprint density at radius 2 is 2.28 bits per heavy atom. The molecule has 0 aliphatic carbocycles. The summed E-state index contributed by atoms with van der Waals surface area (Å²) in [6, 6.07) is 3.78. The summed E-state index contributed by atoms with van der Waals surface area (Å²) >= 11 is 5.08. The number of thiocarbonyl (C=S) groups is 1. The van der Waals surface area contributed by atoms with Gasteiger partial charge < -0.3 is 9.88 Å². The fourth-order valence-electron chi connectivity index (χ4n) is 1.30. The van der Waals surface area contributed by atoms with Crippen LogP contribution in [-0.2, 0) is 0 Å². The minimum atomic E-state index is 0.545. The average molecular weight is 262 g/mol. The largest absolute Gasteiger partial charge is 0.354 e. The van der Waals surface area contributed by atoms with E-state index in [1.54, 1.807) is 11.1 Å². The molecule has 0 aliphatic rings. The lowest BCUT2D eigenvalue weighted by Crippen LogP contribution is -2.31. The maximum absolute atomic E-state index is 5.08. The van der Waals surface area contributed by atoms with E-state index in [1.807, 2.05) is 33.2 Å². The Balaban J connectivity index is 2.20. The Morgan fingerprint density at radius 3 is 2.94 bits per heavy atom. The monoisotopic (exact) mass is 262 g/mol. The van der Waals surface area contributed by atoms with E-state index in [1.165, 1.54) is 0 Å². The number of hydrazone groups is 1. The Kier molecular flexibility index (Phi) is 3.52. The number of rotatable bonds is 2. The van der Waals surface area contributed by atoms with E-state index in [-0.39, 0.29) is 0 Å². The number of fused-ring (bicyclic) bond motifs is 1. The molecule has 0 fully saturated rings. The lowest BCUT2D eigenvalue weighted by atomic mass is 10.4. The average Bonchev–Trinajstić information content (AvgIpc) is 2.79. The van der Waals surface area contributed by atoms with Crippen molar-refractivity contribution in [1.29, 1.82) is 0 Å². The molecule has 2 rings (SSSR count). The third kappa shape index (κ3) is 2.62. The highest BCUT2D eigenvalue weighted by molar-refractivity contribution is 7.80. The summed E-state index contributed by atoms with van der Waals surface area (Å²) in [5, 5.41) is 4.72. The van der Waals surface area contributed by atoms with Gasteiger partial charge in [-0.25, -0.2) is 9.97 Å². The molecule has 2 heterocycles. The van der Waals surface area contributed by atoms with Gasteiger partial charge in [-0.3, -0.25) is 5.43 Å². The first-order chi connectivity index (χ1) is 8.58. The quantitative estimate of drug-likeness (QED) is 0.482. The molecule has 0 bridgehead atoms. The van der Waals surface area contributed by atoms with Crippen molar-refractivity contribution in [1.82, 2.24) is 25.3 Å². The lowest BCUT2D eigenvalue weighted by Gasteiger charge is -2.12. The molecular weight excluding hydrogens is 248 g/mol. The van der Waals surface area contributed by atoms with Crippen LogP contribution < -0.4 is 5.43 Å². The van der Waals surface area contributed by atoms with Crippen LogP contribution >= 0.6 is 12.2 Å². The first-order valence-corrected chi connectivity index (χ1v) is 5.81. The molecule has 0 atom stereocenters. The topological polar surface area (TPSA) is 69.2 Å². The Hall–Kier alpha value is -2.02. The van der Waals surface area contributed by atoms with Crippen molar-refractivity contribution in [3.8, 4) is 0 Å². The molecule has 0 aromatic carbocycles. The summed E-state index contributed by atoms with van der Waals surface area (Å²) in [6.45, 7) is 1.85. The van der Waals surface area contributed by atoms with Crippen LogP contribution in [0.5, 0.6) is 0 Å². The maximum Gasteiger partial charge on any atom is 0.189 e. The van der Waals surface area contributed by atoms with Crippen LogP contribution in [-0.4, -0.2) is 44.8 Å². The van der Waals surface area contributed by atoms with Crippen molar-refractivity contribution in [3.63, 3.8) is 0 Å². The second-order valence-electron chi connectivity index (χ2n) is 3.97. The molecule has 0 unspecified atom stereocenters. The van der Waals surface area contributed by atoms with E-state index < -0.39 is 0 Å². The van der Waals surface area contributed by atoms with E-state index in [0.717, 1.165) is 11.2 Å². The standard InChI is InChI=1S/C11H14N6S/c1-7(15-16-11(18)17(2)3)9-13-8-5-4-6-12-10(8)14-9/h4-6H,1-3H3,(H,16,18)(H,12,13,14)/b15-7+. The molecule has 0 saturated carbocycles. The summed E-state index contributed by atoms with van der Waals surface area (Å²) in [4.78, 5) is 13.4. The number of aromatic nitrogens is 3. The fraction of sp³-hybridized carbons (Fsp3) is 0.273. The third-order valence-corrected chi connectivity index (χ3v) is 2.78. The van der Waals surface area contributed by atoms with Crippen molar-refractivity contribution < 1.29 is 0 Å². The number of hydrogen-bond donors (Lipinski definition) is 2. The Labute approximate surface area is 110 Å². The highest BCUT2D eigenvalue weighted by Crippen LogP contribution is 2.07. The number of nitrogens with zero attached hydrogens (tertiary/aromatic N) is 4. The van der Waals surface area contributed by atoms with E-state index in [4.69, 9.17) is 12.2 Å². The number of nitrogens with one attached hydrogen (secondary N) is 2. The van der Waals surface area contributed by atoms with Gasteiger partial charge in [0, 0.05) is 20.3 Å². The van der Waals surface area contributed by atoms with E-state index >= 15 is 0 Å². The molecule has 6 nitrogen and oxygen atoms in total. The molecule has 94 valence electrons. The molecule has 0 aliphatic heterocycles.